The summed E-state index contributed by atoms with van der Waals surface area (Å²) < 4.78 is 1.31. The van der Waals surface area contributed by atoms with Gasteiger partial charge in [-0.25, -0.2) is 4.98 Å². The van der Waals surface area contributed by atoms with Crippen molar-refractivity contribution in [2.24, 2.45) is 0 Å². The number of carbonyl (C=O) groups is 1. The van der Waals surface area contributed by atoms with Gasteiger partial charge in [-0.2, -0.15) is 0 Å². The summed E-state index contributed by atoms with van der Waals surface area (Å²) in [6.07, 6.45) is 1.42. The predicted octanol–water partition coefficient (Wildman–Crippen LogP) is 3.10. The van der Waals surface area contributed by atoms with E-state index in [-0.39, 0.29) is 24.1 Å². The molecular formula is C21H21N3O2. The van der Waals surface area contributed by atoms with Crippen LogP contribution in [0.25, 0.3) is 11.3 Å². The van der Waals surface area contributed by atoms with E-state index in [0.29, 0.717) is 5.69 Å². The summed E-state index contributed by atoms with van der Waals surface area (Å²) in [7, 11) is 0. The number of hydrogen-bond donors (Lipinski definition) is 1. The monoisotopic (exact) mass is 347 g/mol. The Hall–Kier alpha value is -3.21. The minimum Gasteiger partial charge on any atom is -0.348 e. The van der Waals surface area contributed by atoms with Crippen LogP contribution < -0.4 is 10.9 Å². The van der Waals surface area contributed by atoms with Gasteiger partial charge in [0.05, 0.1) is 18.1 Å². The summed E-state index contributed by atoms with van der Waals surface area (Å²) in [4.78, 5) is 28.9. The topological polar surface area (TPSA) is 64.0 Å². The lowest BCUT2D eigenvalue weighted by atomic mass is 10.1. The second-order valence-corrected chi connectivity index (χ2v) is 6.31. The zero-order valence-corrected chi connectivity index (χ0v) is 14.8. The lowest BCUT2D eigenvalue weighted by molar-refractivity contribution is -0.122. The van der Waals surface area contributed by atoms with E-state index in [1.54, 1.807) is 0 Å². The summed E-state index contributed by atoms with van der Waals surface area (Å²) in [5.41, 5.74) is 3.39. The molecule has 0 aliphatic rings. The van der Waals surface area contributed by atoms with Gasteiger partial charge in [-0.15, -0.1) is 0 Å². The molecule has 1 aromatic heterocycles. The molecule has 1 atom stereocenters. The van der Waals surface area contributed by atoms with Crippen molar-refractivity contribution in [1.29, 1.82) is 0 Å². The Morgan fingerprint density at radius 3 is 2.46 bits per heavy atom. The number of hydrogen-bond acceptors (Lipinski definition) is 3. The van der Waals surface area contributed by atoms with Crippen molar-refractivity contribution >= 4 is 5.91 Å². The fourth-order valence-corrected chi connectivity index (χ4v) is 2.69. The summed E-state index contributed by atoms with van der Waals surface area (Å²) >= 11 is 0. The minimum atomic E-state index is -0.252. The highest BCUT2D eigenvalue weighted by molar-refractivity contribution is 5.76. The number of aromatic nitrogens is 2. The summed E-state index contributed by atoms with van der Waals surface area (Å²) in [6.45, 7) is 3.86. The molecule has 0 saturated heterocycles. The average Bonchev–Trinajstić information content (AvgIpc) is 2.64. The Labute approximate surface area is 152 Å². The second kappa shape index (κ2) is 7.78. The number of rotatable bonds is 5. The maximum absolute atomic E-state index is 12.3. The first-order valence-corrected chi connectivity index (χ1v) is 8.51. The number of nitrogens with one attached hydrogen (secondary N) is 1. The lowest BCUT2D eigenvalue weighted by Gasteiger charge is -2.15. The maximum Gasteiger partial charge on any atom is 0.254 e. The van der Waals surface area contributed by atoms with Crippen molar-refractivity contribution in [3.05, 3.63) is 88.5 Å². The van der Waals surface area contributed by atoms with Crippen LogP contribution in [0.2, 0.25) is 0 Å². The number of benzene rings is 2. The number of nitrogens with zero attached hydrogens (tertiary/aromatic N) is 2. The van der Waals surface area contributed by atoms with Gasteiger partial charge in [0.15, 0.2) is 0 Å². The van der Waals surface area contributed by atoms with Gasteiger partial charge in [-0.1, -0.05) is 60.2 Å². The molecular weight excluding hydrogens is 326 g/mol. The summed E-state index contributed by atoms with van der Waals surface area (Å²) in [5.74, 6) is -0.228. The molecule has 26 heavy (non-hydrogen) atoms. The molecule has 1 heterocycles. The van der Waals surface area contributed by atoms with Crippen LogP contribution in [-0.2, 0) is 11.3 Å². The van der Waals surface area contributed by atoms with Crippen LogP contribution in [-0.4, -0.2) is 15.5 Å². The standard InChI is InChI=1S/C21H21N3O2/c1-15-8-10-18(11-9-15)19-12-21(26)24(14-22-19)13-20(25)23-16(2)17-6-4-3-5-7-17/h3-12,14,16H,13H2,1-2H3,(H,23,25). The van der Waals surface area contributed by atoms with Crippen LogP contribution in [0.5, 0.6) is 0 Å². The van der Waals surface area contributed by atoms with E-state index in [0.717, 1.165) is 16.7 Å². The largest absolute Gasteiger partial charge is 0.348 e. The molecule has 1 unspecified atom stereocenters. The van der Waals surface area contributed by atoms with Crippen molar-refractivity contribution in [1.82, 2.24) is 14.9 Å². The van der Waals surface area contributed by atoms with E-state index in [2.05, 4.69) is 10.3 Å². The number of aryl methyl sites for hydroxylation is 1. The molecule has 1 amide bonds. The van der Waals surface area contributed by atoms with E-state index in [1.165, 1.54) is 17.0 Å². The van der Waals surface area contributed by atoms with Crippen molar-refractivity contribution in [2.45, 2.75) is 26.4 Å². The van der Waals surface area contributed by atoms with Crippen LogP contribution in [0.3, 0.4) is 0 Å². The molecule has 0 saturated carbocycles. The third-order valence-electron chi connectivity index (χ3n) is 4.22. The van der Waals surface area contributed by atoms with E-state index in [1.807, 2.05) is 68.4 Å². The van der Waals surface area contributed by atoms with Gasteiger partial charge in [-0.3, -0.25) is 14.2 Å². The third kappa shape index (κ3) is 4.25. The van der Waals surface area contributed by atoms with Gasteiger partial charge < -0.3 is 5.32 Å². The quantitative estimate of drug-likeness (QED) is 0.771. The zero-order valence-electron chi connectivity index (χ0n) is 14.8. The van der Waals surface area contributed by atoms with E-state index < -0.39 is 0 Å². The Bertz CT molecular complexity index is 947. The average molecular weight is 347 g/mol. The minimum absolute atomic E-state index is 0.0583. The molecule has 3 aromatic rings. The highest BCUT2D eigenvalue weighted by Crippen LogP contribution is 2.15. The molecule has 3 rings (SSSR count). The molecule has 1 N–H and O–H groups in total. The van der Waals surface area contributed by atoms with E-state index >= 15 is 0 Å². The summed E-state index contributed by atoms with van der Waals surface area (Å²) in [5, 5.41) is 2.90. The SMILES string of the molecule is Cc1ccc(-c2cc(=O)n(CC(=O)NC(C)c3ccccc3)cn2)cc1. The number of carbonyl (C=O) groups excluding carboxylic acids is 1. The first-order chi connectivity index (χ1) is 12.5. The fourth-order valence-electron chi connectivity index (χ4n) is 2.69. The second-order valence-electron chi connectivity index (χ2n) is 6.31. The van der Waals surface area contributed by atoms with Crippen molar-refractivity contribution in [3.63, 3.8) is 0 Å². The molecule has 0 radical (unpaired) electrons. The normalized spacial score (nSPS) is 11.8. The molecule has 0 aliphatic carbocycles. The highest BCUT2D eigenvalue weighted by Gasteiger charge is 2.11. The van der Waals surface area contributed by atoms with Gasteiger partial charge in [0.2, 0.25) is 5.91 Å². The maximum atomic E-state index is 12.3. The molecule has 0 spiro atoms. The van der Waals surface area contributed by atoms with Gasteiger partial charge in [0.1, 0.15) is 6.54 Å². The van der Waals surface area contributed by atoms with Crippen LogP contribution in [0.4, 0.5) is 0 Å². The molecule has 132 valence electrons. The van der Waals surface area contributed by atoms with Gasteiger partial charge >= 0.3 is 0 Å². The van der Waals surface area contributed by atoms with E-state index in [9.17, 15) is 9.59 Å². The van der Waals surface area contributed by atoms with Gasteiger partial charge in [0.25, 0.3) is 5.56 Å². The van der Waals surface area contributed by atoms with Crippen LogP contribution in [0.1, 0.15) is 24.1 Å². The molecule has 0 fully saturated rings. The molecule has 5 nitrogen and oxygen atoms in total. The first-order valence-electron chi connectivity index (χ1n) is 8.51. The fraction of sp³-hybridized carbons (Fsp3) is 0.190. The first kappa shape index (κ1) is 17.6. The van der Waals surface area contributed by atoms with Crippen molar-refractivity contribution in [3.8, 4) is 11.3 Å². The lowest BCUT2D eigenvalue weighted by Crippen LogP contribution is -2.33. The summed E-state index contributed by atoms with van der Waals surface area (Å²) in [6, 6.07) is 18.8. The van der Waals surface area contributed by atoms with E-state index in [4.69, 9.17) is 0 Å². The Morgan fingerprint density at radius 1 is 1.12 bits per heavy atom. The molecule has 0 aliphatic heterocycles. The smallest absolute Gasteiger partial charge is 0.254 e. The van der Waals surface area contributed by atoms with Crippen molar-refractivity contribution < 1.29 is 4.79 Å². The Morgan fingerprint density at radius 2 is 1.81 bits per heavy atom. The third-order valence-corrected chi connectivity index (χ3v) is 4.22. The Kier molecular flexibility index (Phi) is 5.27. The highest BCUT2D eigenvalue weighted by atomic mass is 16.2. The van der Waals surface area contributed by atoms with Crippen LogP contribution in [0.15, 0.2) is 71.8 Å². The van der Waals surface area contributed by atoms with Crippen LogP contribution >= 0.6 is 0 Å². The van der Waals surface area contributed by atoms with Gasteiger partial charge in [-0.05, 0) is 19.4 Å². The zero-order chi connectivity index (χ0) is 18.5. The van der Waals surface area contributed by atoms with Crippen molar-refractivity contribution in [2.75, 3.05) is 0 Å². The van der Waals surface area contributed by atoms with Crippen LogP contribution in [0, 0.1) is 6.92 Å². The predicted molar refractivity (Wildman–Crippen MR) is 102 cm³/mol. The molecule has 0 bridgehead atoms. The van der Waals surface area contributed by atoms with Gasteiger partial charge in [0, 0.05) is 11.6 Å². The molecule has 2 aromatic carbocycles. The number of amides is 1. The molecule has 5 heteroatoms. The Balaban J connectivity index is 1.69.